The average Bonchev–Trinajstić information content (AvgIpc) is 2.89. The van der Waals surface area contributed by atoms with Crippen molar-refractivity contribution in [3.05, 3.63) is 65.8 Å². The Labute approximate surface area is 144 Å². The lowest BCUT2D eigenvalue weighted by Gasteiger charge is -2.10. The van der Waals surface area contributed by atoms with E-state index in [-0.39, 0.29) is 16.5 Å². The summed E-state index contributed by atoms with van der Waals surface area (Å²) in [6, 6.07) is 12.7. The van der Waals surface area contributed by atoms with E-state index in [0.717, 1.165) is 0 Å². The maximum Gasteiger partial charge on any atom is 0.267 e. The molecule has 0 spiro atoms. The molecule has 1 aromatic heterocycles. The molecule has 0 aliphatic rings. The van der Waals surface area contributed by atoms with Gasteiger partial charge in [0.2, 0.25) is 0 Å². The van der Waals surface area contributed by atoms with Gasteiger partial charge in [-0.3, -0.25) is 4.72 Å². The highest BCUT2D eigenvalue weighted by Gasteiger charge is 2.24. The highest BCUT2D eigenvalue weighted by Crippen LogP contribution is 2.24. The van der Waals surface area contributed by atoms with Crippen LogP contribution in [0.15, 0.2) is 57.9 Å². The number of sulfonamides is 1. The van der Waals surface area contributed by atoms with Crippen LogP contribution >= 0.6 is 0 Å². The van der Waals surface area contributed by atoms with Gasteiger partial charge in [0.25, 0.3) is 10.0 Å². The standard InChI is InChI=1S/C17H16FN3O3S/c1-11-17(12(2)24-20-11)25(22,23)21-15-8-6-14(7-9-15)19-16-5-3-4-13(18)10-16/h3-10,19,21H,1-2H3. The molecule has 0 amide bonds. The van der Waals surface area contributed by atoms with Crippen molar-refractivity contribution < 1.29 is 17.3 Å². The summed E-state index contributed by atoms with van der Waals surface area (Å²) < 4.78 is 45.5. The number of nitrogens with zero attached hydrogens (tertiary/aromatic N) is 1. The summed E-state index contributed by atoms with van der Waals surface area (Å²) in [5.74, 6) is -0.108. The van der Waals surface area contributed by atoms with Crippen LogP contribution in [0.2, 0.25) is 0 Å². The molecule has 0 saturated heterocycles. The quantitative estimate of drug-likeness (QED) is 0.718. The Morgan fingerprint density at radius 3 is 2.28 bits per heavy atom. The van der Waals surface area contributed by atoms with E-state index >= 15 is 0 Å². The third kappa shape index (κ3) is 3.80. The topological polar surface area (TPSA) is 84.2 Å². The van der Waals surface area contributed by atoms with E-state index in [1.165, 1.54) is 12.1 Å². The maximum atomic E-state index is 13.2. The molecule has 2 aromatic carbocycles. The molecule has 6 nitrogen and oxygen atoms in total. The van der Waals surface area contributed by atoms with E-state index in [1.807, 2.05) is 0 Å². The predicted octanol–water partition coefficient (Wildman–Crippen LogP) is 3.97. The molecule has 0 aliphatic carbocycles. The van der Waals surface area contributed by atoms with Crippen LogP contribution in [-0.4, -0.2) is 13.6 Å². The SMILES string of the molecule is Cc1noc(C)c1S(=O)(=O)Nc1ccc(Nc2cccc(F)c2)cc1. The van der Waals surface area contributed by atoms with Gasteiger partial charge in [-0.25, -0.2) is 12.8 Å². The van der Waals surface area contributed by atoms with E-state index in [9.17, 15) is 12.8 Å². The van der Waals surface area contributed by atoms with Gasteiger partial charge in [0, 0.05) is 17.1 Å². The third-order valence-electron chi connectivity index (χ3n) is 3.49. The second-order valence-electron chi connectivity index (χ2n) is 5.47. The van der Waals surface area contributed by atoms with Crippen molar-refractivity contribution in [1.29, 1.82) is 0 Å². The molecule has 1 heterocycles. The van der Waals surface area contributed by atoms with Crippen molar-refractivity contribution in [3.8, 4) is 0 Å². The van der Waals surface area contributed by atoms with E-state index in [2.05, 4.69) is 15.2 Å². The number of hydrogen-bond donors (Lipinski definition) is 2. The van der Waals surface area contributed by atoms with Gasteiger partial charge in [-0.1, -0.05) is 11.2 Å². The highest BCUT2D eigenvalue weighted by molar-refractivity contribution is 7.92. The molecular weight excluding hydrogens is 345 g/mol. The number of nitrogens with one attached hydrogen (secondary N) is 2. The summed E-state index contributed by atoms with van der Waals surface area (Å²) in [6.45, 7) is 3.11. The van der Waals surface area contributed by atoms with Gasteiger partial charge in [0.15, 0.2) is 10.7 Å². The zero-order valence-electron chi connectivity index (χ0n) is 13.6. The fraction of sp³-hybridized carbons (Fsp3) is 0.118. The summed E-state index contributed by atoms with van der Waals surface area (Å²) in [7, 11) is -3.78. The second kappa shape index (κ2) is 6.56. The average molecular weight is 361 g/mol. The van der Waals surface area contributed by atoms with Gasteiger partial charge in [-0.05, 0) is 56.3 Å². The number of halogens is 1. The fourth-order valence-corrected chi connectivity index (χ4v) is 3.81. The molecule has 25 heavy (non-hydrogen) atoms. The number of aromatic nitrogens is 1. The van der Waals surface area contributed by atoms with E-state index < -0.39 is 10.0 Å². The zero-order valence-corrected chi connectivity index (χ0v) is 14.4. The highest BCUT2D eigenvalue weighted by atomic mass is 32.2. The molecule has 0 aliphatic heterocycles. The Morgan fingerprint density at radius 2 is 1.68 bits per heavy atom. The van der Waals surface area contributed by atoms with Crippen LogP contribution in [0.5, 0.6) is 0 Å². The number of aryl methyl sites for hydroxylation is 2. The molecule has 0 fully saturated rings. The minimum Gasteiger partial charge on any atom is -0.360 e. The summed E-state index contributed by atoms with van der Waals surface area (Å²) in [6.07, 6.45) is 0. The maximum absolute atomic E-state index is 13.2. The smallest absolute Gasteiger partial charge is 0.267 e. The number of rotatable bonds is 5. The van der Waals surface area contributed by atoms with Crippen LogP contribution in [0, 0.1) is 19.7 Å². The molecule has 0 radical (unpaired) electrons. The minimum atomic E-state index is -3.78. The Bertz CT molecular complexity index is 979. The normalized spacial score (nSPS) is 11.3. The van der Waals surface area contributed by atoms with Crippen LogP contribution in [0.25, 0.3) is 0 Å². The van der Waals surface area contributed by atoms with Crippen LogP contribution in [-0.2, 0) is 10.0 Å². The Morgan fingerprint density at radius 1 is 1.00 bits per heavy atom. The summed E-state index contributed by atoms with van der Waals surface area (Å²) in [4.78, 5) is 0.0365. The Hall–Kier alpha value is -2.87. The number of benzene rings is 2. The summed E-state index contributed by atoms with van der Waals surface area (Å²) >= 11 is 0. The summed E-state index contributed by atoms with van der Waals surface area (Å²) in [5, 5.41) is 6.70. The van der Waals surface area contributed by atoms with Crippen LogP contribution in [0.4, 0.5) is 21.5 Å². The minimum absolute atomic E-state index is 0.0365. The van der Waals surface area contributed by atoms with Gasteiger partial charge < -0.3 is 9.84 Å². The first-order valence-corrected chi connectivity index (χ1v) is 8.92. The second-order valence-corrected chi connectivity index (χ2v) is 7.09. The molecule has 0 unspecified atom stereocenters. The summed E-state index contributed by atoms with van der Waals surface area (Å²) in [5.41, 5.74) is 1.99. The van der Waals surface area contributed by atoms with Gasteiger partial charge in [-0.2, -0.15) is 0 Å². The van der Waals surface area contributed by atoms with E-state index in [1.54, 1.807) is 50.2 Å². The van der Waals surface area contributed by atoms with Crippen molar-refractivity contribution in [1.82, 2.24) is 5.16 Å². The molecule has 130 valence electrons. The third-order valence-corrected chi connectivity index (χ3v) is 5.11. The Kier molecular flexibility index (Phi) is 4.45. The predicted molar refractivity (Wildman–Crippen MR) is 92.9 cm³/mol. The molecule has 0 saturated carbocycles. The van der Waals surface area contributed by atoms with Gasteiger partial charge >= 0.3 is 0 Å². The molecule has 3 aromatic rings. The van der Waals surface area contributed by atoms with Crippen molar-refractivity contribution in [2.75, 3.05) is 10.0 Å². The Balaban J connectivity index is 1.77. The molecular formula is C17H16FN3O3S. The first-order valence-electron chi connectivity index (χ1n) is 7.43. The lowest BCUT2D eigenvalue weighted by Crippen LogP contribution is -2.14. The van der Waals surface area contributed by atoms with Gasteiger partial charge in [0.1, 0.15) is 11.5 Å². The lowest BCUT2D eigenvalue weighted by atomic mass is 10.2. The van der Waals surface area contributed by atoms with Crippen LogP contribution in [0.1, 0.15) is 11.5 Å². The fourth-order valence-electron chi connectivity index (χ4n) is 2.42. The van der Waals surface area contributed by atoms with Crippen LogP contribution in [0.3, 0.4) is 0 Å². The zero-order chi connectivity index (χ0) is 18.0. The number of hydrogen-bond acceptors (Lipinski definition) is 5. The first kappa shape index (κ1) is 17.0. The molecule has 2 N–H and O–H groups in total. The van der Waals surface area contributed by atoms with Gasteiger partial charge in [0.05, 0.1) is 0 Å². The largest absolute Gasteiger partial charge is 0.360 e. The monoisotopic (exact) mass is 361 g/mol. The van der Waals surface area contributed by atoms with Crippen molar-refractivity contribution in [2.24, 2.45) is 0 Å². The van der Waals surface area contributed by atoms with Crippen molar-refractivity contribution >= 4 is 27.1 Å². The molecule has 0 atom stereocenters. The van der Waals surface area contributed by atoms with Crippen molar-refractivity contribution in [3.63, 3.8) is 0 Å². The number of anilines is 3. The lowest BCUT2D eigenvalue weighted by molar-refractivity contribution is 0.390. The van der Waals surface area contributed by atoms with Gasteiger partial charge in [-0.15, -0.1) is 0 Å². The van der Waals surface area contributed by atoms with E-state index in [0.29, 0.717) is 22.8 Å². The molecule has 3 rings (SSSR count). The van der Waals surface area contributed by atoms with Crippen LogP contribution < -0.4 is 10.0 Å². The molecule has 8 heteroatoms. The van der Waals surface area contributed by atoms with E-state index in [4.69, 9.17) is 4.52 Å². The molecule has 0 bridgehead atoms. The first-order chi connectivity index (χ1) is 11.8. The van der Waals surface area contributed by atoms with Crippen molar-refractivity contribution in [2.45, 2.75) is 18.7 Å².